The average molecular weight is 605 g/mol. The molecule has 0 saturated heterocycles. The van der Waals surface area contributed by atoms with Gasteiger partial charge in [0.2, 0.25) is 0 Å². The van der Waals surface area contributed by atoms with Gasteiger partial charge >= 0.3 is 0 Å². The third-order valence-corrected chi connectivity index (χ3v) is 8.61. The second-order valence-corrected chi connectivity index (χ2v) is 11.6. The summed E-state index contributed by atoms with van der Waals surface area (Å²) >= 11 is 0.974. The molecule has 226 valence electrons. The summed E-state index contributed by atoms with van der Waals surface area (Å²) in [6, 6.07) is 36.5. The number of benzene rings is 4. The van der Waals surface area contributed by atoms with Crippen LogP contribution in [-0.2, 0) is 22.5 Å². The highest BCUT2D eigenvalue weighted by Gasteiger charge is 2.19. The van der Waals surface area contributed by atoms with Gasteiger partial charge in [-0.15, -0.1) is 4.33 Å². The van der Waals surface area contributed by atoms with Gasteiger partial charge in [-0.1, -0.05) is 115 Å². The van der Waals surface area contributed by atoms with E-state index in [9.17, 15) is 0 Å². The van der Waals surface area contributed by atoms with Gasteiger partial charge in [-0.05, 0) is 83.6 Å². The minimum Gasteiger partial charge on any atom is -0.367 e. The summed E-state index contributed by atoms with van der Waals surface area (Å²) in [7, 11) is 0. The maximum absolute atomic E-state index is 8.61. The highest BCUT2D eigenvalue weighted by Crippen LogP contribution is 2.35. The van der Waals surface area contributed by atoms with Crippen LogP contribution >= 0.6 is 12.0 Å². The SMILES string of the molecule is CCN(Cc1ccccc1)c1ccc(C(=C2C=CC(N(CC)Cc3ccccc3)C=C2)c2ccc(SOOO)cc2C)cc1. The zero-order chi connectivity index (χ0) is 30.7. The number of rotatable bonds is 13. The molecule has 0 bridgehead atoms. The zero-order valence-corrected chi connectivity index (χ0v) is 26.4. The molecule has 0 heterocycles. The number of anilines is 1. The third-order valence-electron chi connectivity index (χ3n) is 8.04. The van der Waals surface area contributed by atoms with E-state index >= 15 is 0 Å². The summed E-state index contributed by atoms with van der Waals surface area (Å²) in [5, 5.41) is 12.4. The molecule has 0 aliphatic heterocycles. The first-order valence-corrected chi connectivity index (χ1v) is 15.9. The van der Waals surface area contributed by atoms with Gasteiger partial charge in [0.05, 0.1) is 12.0 Å². The molecular formula is C38H40N2O3S. The second-order valence-electron chi connectivity index (χ2n) is 10.8. The predicted molar refractivity (Wildman–Crippen MR) is 182 cm³/mol. The van der Waals surface area contributed by atoms with Crippen LogP contribution in [0, 0.1) is 6.92 Å². The number of hydrogen-bond acceptors (Lipinski definition) is 6. The minimum absolute atomic E-state index is 0.221. The Morgan fingerprint density at radius 2 is 1.41 bits per heavy atom. The maximum atomic E-state index is 8.61. The van der Waals surface area contributed by atoms with Gasteiger partial charge in [0, 0.05) is 36.3 Å². The molecule has 4 aromatic rings. The summed E-state index contributed by atoms with van der Waals surface area (Å²) in [5.41, 5.74) is 9.55. The fourth-order valence-electron chi connectivity index (χ4n) is 5.71. The molecule has 0 atom stereocenters. The van der Waals surface area contributed by atoms with Crippen molar-refractivity contribution in [3.05, 3.63) is 161 Å². The van der Waals surface area contributed by atoms with Crippen molar-refractivity contribution >= 4 is 23.3 Å². The van der Waals surface area contributed by atoms with Crippen LogP contribution in [0.15, 0.2) is 138 Å². The average Bonchev–Trinajstić information content (AvgIpc) is 3.08. The predicted octanol–water partition coefficient (Wildman–Crippen LogP) is 9.27. The molecule has 1 aliphatic rings. The Morgan fingerprint density at radius 1 is 0.773 bits per heavy atom. The summed E-state index contributed by atoms with van der Waals surface area (Å²) in [6.45, 7) is 10.2. The van der Waals surface area contributed by atoms with Gasteiger partial charge < -0.3 is 4.90 Å². The summed E-state index contributed by atoms with van der Waals surface area (Å²) in [6.07, 6.45) is 9.14. The van der Waals surface area contributed by atoms with Gasteiger partial charge in [-0.2, -0.15) is 0 Å². The molecule has 5 nitrogen and oxygen atoms in total. The molecule has 4 aromatic carbocycles. The molecule has 0 amide bonds. The monoisotopic (exact) mass is 604 g/mol. The Hall–Kier alpha value is -3.91. The van der Waals surface area contributed by atoms with E-state index in [-0.39, 0.29) is 6.04 Å². The van der Waals surface area contributed by atoms with E-state index in [1.54, 1.807) is 0 Å². The molecule has 5 rings (SSSR count). The summed E-state index contributed by atoms with van der Waals surface area (Å²) in [4.78, 5) is 5.71. The zero-order valence-electron chi connectivity index (χ0n) is 25.6. The smallest absolute Gasteiger partial charge is 0.0714 e. The number of aryl methyl sites for hydroxylation is 1. The van der Waals surface area contributed by atoms with Crippen molar-refractivity contribution in [3.8, 4) is 0 Å². The van der Waals surface area contributed by atoms with E-state index in [1.807, 2.05) is 12.1 Å². The topological polar surface area (TPSA) is 45.2 Å². The molecule has 0 unspecified atom stereocenters. The van der Waals surface area contributed by atoms with Crippen LogP contribution in [0.4, 0.5) is 5.69 Å². The van der Waals surface area contributed by atoms with E-state index in [0.717, 1.165) is 59.8 Å². The van der Waals surface area contributed by atoms with Gasteiger partial charge in [-0.3, -0.25) is 4.90 Å². The normalized spacial score (nSPS) is 14.3. The van der Waals surface area contributed by atoms with Crippen LogP contribution < -0.4 is 4.90 Å². The largest absolute Gasteiger partial charge is 0.367 e. The Morgan fingerprint density at radius 3 is 1.98 bits per heavy atom. The van der Waals surface area contributed by atoms with Crippen molar-refractivity contribution in [1.29, 1.82) is 0 Å². The van der Waals surface area contributed by atoms with Crippen molar-refractivity contribution in [2.75, 3.05) is 18.0 Å². The fourth-order valence-corrected chi connectivity index (χ4v) is 6.17. The molecule has 6 heteroatoms. The highest BCUT2D eigenvalue weighted by atomic mass is 32.2. The molecular weight excluding hydrogens is 564 g/mol. The number of hydrogen-bond donors (Lipinski definition) is 1. The lowest BCUT2D eigenvalue weighted by atomic mass is 9.88. The molecule has 0 spiro atoms. The molecule has 44 heavy (non-hydrogen) atoms. The molecule has 0 saturated carbocycles. The molecule has 1 N–H and O–H groups in total. The quantitative estimate of drug-likeness (QED) is 0.0932. The molecule has 0 fully saturated rings. The van der Waals surface area contributed by atoms with Crippen LogP contribution in [-0.4, -0.2) is 29.3 Å². The van der Waals surface area contributed by atoms with Crippen LogP contribution in [0.3, 0.4) is 0 Å². The van der Waals surface area contributed by atoms with Crippen molar-refractivity contribution in [2.24, 2.45) is 0 Å². The van der Waals surface area contributed by atoms with Crippen LogP contribution in [0.25, 0.3) is 5.57 Å². The Balaban J connectivity index is 1.47. The lowest BCUT2D eigenvalue weighted by Gasteiger charge is -2.28. The van der Waals surface area contributed by atoms with E-state index in [0.29, 0.717) is 0 Å². The van der Waals surface area contributed by atoms with Gasteiger partial charge in [0.25, 0.3) is 0 Å². The van der Waals surface area contributed by atoms with Crippen molar-refractivity contribution in [3.63, 3.8) is 0 Å². The van der Waals surface area contributed by atoms with Gasteiger partial charge in [-0.25, -0.2) is 5.26 Å². The maximum Gasteiger partial charge on any atom is 0.0714 e. The van der Waals surface area contributed by atoms with Crippen molar-refractivity contribution < 1.29 is 14.6 Å². The number of allylic oxidation sites excluding steroid dienone is 3. The van der Waals surface area contributed by atoms with Crippen LogP contribution in [0.2, 0.25) is 0 Å². The third kappa shape index (κ3) is 7.97. The highest BCUT2D eigenvalue weighted by molar-refractivity contribution is 7.94. The van der Waals surface area contributed by atoms with Gasteiger partial charge in [0.1, 0.15) is 0 Å². The lowest BCUT2D eigenvalue weighted by Crippen LogP contribution is -2.32. The molecule has 0 aromatic heterocycles. The number of nitrogens with zero attached hydrogens (tertiary/aromatic N) is 2. The molecule has 1 aliphatic carbocycles. The first-order valence-electron chi connectivity index (χ1n) is 15.1. The van der Waals surface area contributed by atoms with E-state index in [4.69, 9.17) is 5.26 Å². The first-order chi connectivity index (χ1) is 21.6. The van der Waals surface area contributed by atoms with Crippen LogP contribution in [0.1, 0.15) is 41.7 Å². The standard InChI is InChI=1S/C38H40N2O3S/c1-4-39(27-30-12-8-6-9-13-30)34-20-16-32(17-21-34)38(37-25-24-36(26-29(37)3)44-43-42-41)33-18-22-35(23-19-33)40(5-2)28-31-14-10-7-11-15-31/h6-26,34,41H,4-5,27-28H2,1-3H3. The first kappa shape index (κ1) is 31.5. The Labute approximate surface area is 265 Å². The second kappa shape index (κ2) is 15.7. The van der Waals surface area contributed by atoms with E-state index in [2.05, 4.69) is 155 Å². The minimum atomic E-state index is 0.221. The van der Waals surface area contributed by atoms with Gasteiger partial charge in [0.15, 0.2) is 0 Å². The summed E-state index contributed by atoms with van der Waals surface area (Å²) in [5.74, 6) is 0. The Kier molecular flexibility index (Phi) is 11.2. The number of likely N-dealkylation sites (N-methyl/N-ethyl adjacent to an activating group) is 1. The Bertz CT molecular complexity index is 1570. The molecule has 0 radical (unpaired) electrons. The summed E-state index contributed by atoms with van der Waals surface area (Å²) < 4.78 is 4.68. The van der Waals surface area contributed by atoms with Crippen molar-refractivity contribution in [2.45, 2.75) is 44.8 Å². The van der Waals surface area contributed by atoms with E-state index in [1.165, 1.54) is 28.0 Å². The fraction of sp³-hybridized carbons (Fsp3) is 0.211. The lowest BCUT2D eigenvalue weighted by molar-refractivity contribution is -0.432. The van der Waals surface area contributed by atoms with Crippen molar-refractivity contribution in [1.82, 2.24) is 4.90 Å². The van der Waals surface area contributed by atoms with E-state index < -0.39 is 0 Å². The van der Waals surface area contributed by atoms with Crippen LogP contribution in [0.5, 0.6) is 0 Å².